The van der Waals surface area contributed by atoms with Crippen LogP contribution in [0.3, 0.4) is 0 Å². The number of ether oxygens (including phenoxy) is 1. The Bertz CT molecular complexity index is 1520. The van der Waals surface area contributed by atoms with Crippen LogP contribution >= 0.6 is 0 Å². The lowest BCUT2D eigenvalue weighted by atomic mass is 10.1. The number of rotatable bonds is 5. The van der Waals surface area contributed by atoms with Crippen molar-refractivity contribution < 1.29 is 4.74 Å². The highest BCUT2D eigenvalue weighted by molar-refractivity contribution is 5.83. The lowest BCUT2D eigenvalue weighted by molar-refractivity contribution is 0.328. The fourth-order valence-electron chi connectivity index (χ4n) is 3.98. The molecule has 0 spiro atoms. The Morgan fingerprint density at radius 1 is 1.12 bits per heavy atom. The van der Waals surface area contributed by atoms with Crippen molar-refractivity contribution in [2.24, 2.45) is 0 Å². The van der Waals surface area contributed by atoms with Crippen LogP contribution in [0.2, 0.25) is 0 Å². The van der Waals surface area contributed by atoms with Gasteiger partial charge in [-0.05, 0) is 56.2 Å². The highest BCUT2D eigenvalue weighted by Crippen LogP contribution is 2.39. The number of aromatic nitrogens is 6. The van der Waals surface area contributed by atoms with Crippen LogP contribution in [0.5, 0.6) is 5.88 Å². The van der Waals surface area contributed by atoms with Crippen LogP contribution in [0.25, 0.3) is 33.5 Å². The zero-order valence-electron chi connectivity index (χ0n) is 17.5. The molecule has 0 bridgehead atoms. The van der Waals surface area contributed by atoms with Crippen molar-refractivity contribution in [2.45, 2.75) is 25.7 Å². The van der Waals surface area contributed by atoms with Crippen LogP contribution in [0.15, 0.2) is 66.0 Å². The largest absolute Gasteiger partial charge is 0.478 e. The normalized spacial score (nSPS) is 13.7. The monoisotopic (exact) mass is 424 g/mol. The summed E-state index contributed by atoms with van der Waals surface area (Å²) in [5.41, 5.74) is 4.17. The predicted molar refractivity (Wildman–Crippen MR) is 120 cm³/mol. The molecule has 1 aliphatic carbocycles. The second-order valence-corrected chi connectivity index (χ2v) is 7.92. The summed E-state index contributed by atoms with van der Waals surface area (Å²) in [6, 6.07) is 13.3. The van der Waals surface area contributed by atoms with E-state index < -0.39 is 0 Å². The minimum atomic E-state index is -0.174. The van der Waals surface area contributed by atoms with Crippen molar-refractivity contribution in [1.29, 1.82) is 0 Å². The molecule has 8 heteroatoms. The zero-order chi connectivity index (χ0) is 21.7. The average molecular weight is 424 g/mol. The van der Waals surface area contributed by atoms with Crippen LogP contribution < -0.4 is 10.3 Å². The molecule has 1 aliphatic rings. The third-order valence-corrected chi connectivity index (χ3v) is 5.74. The van der Waals surface area contributed by atoms with Gasteiger partial charge in [-0.3, -0.25) is 18.7 Å². The molecule has 6 rings (SSSR count). The van der Waals surface area contributed by atoms with Gasteiger partial charge in [-0.2, -0.15) is 4.98 Å². The first kappa shape index (κ1) is 18.7. The van der Waals surface area contributed by atoms with Crippen LogP contribution in [0.4, 0.5) is 0 Å². The van der Waals surface area contributed by atoms with E-state index in [1.54, 1.807) is 21.5 Å². The van der Waals surface area contributed by atoms with Gasteiger partial charge in [-0.1, -0.05) is 0 Å². The Morgan fingerprint density at radius 2 is 2.03 bits per heavy atom. The molecule has 0 amide bonds. The maximum absolute atomic E-state index is 13.8. The molecule has 1 saturated carbocycles. The lowest BCUT2D eigenvalue weighted by Gasteiger charge is -2.14. The minimum absolute atomic E-state index is 0.174. The molecule has 0 N–H and O–H groups in total. The molecule has 0 aromatic carbocycles. The molecule has 0 saturated heterocycles. The molecule has 5 aromatic rings. The lowest BCUT2D eigenvalue weighted by Crippen LogP contribution is -2.22. The first-order valence-corrected chi connectivity index (χ1v) is 10.7. The minimum Gasteiger partial charge on any atom is -0.478 e. The highest BCUT2D eigenvalue weighted by atomic mass is 16.5. The van der Waals surface area contributed by atoms with Gasteiger partial charge in [0, 0.05) is 40.4 Å². The number of hydrogen-bond donors (Lipinski definition) is 0. The highest BCUT2D eigenvalue weighted by Gasteiger charge is 2.25. The second-order valence-electron chi connectivity index (χ2n) is 7.92. The molecule has 32 heavy (non-hydrogen) atoms. The van der Waals surface area contributed by atoms with Gasteiger partial charge in [0.25, 0.3) is 5.56 Å². The van der Waals surface area contributed by atoms with Crippen molar-refractivity contribution in [1.82, 2.24) is 29.1 Å². The van der Waals surface area contributed by atoms with Crippen molar-refractivity contribution in [3.8, 4) is 22.7 Å². The Kier molecular flexibility index (Phi) is 4.24. The summed E-state index contributed by atoms with van der Waals surface area (Å²) in [4.78, 5) is 23.0. The van der Waals surface area contributed by atoms with Gasteiger partial charge in [-0.25, -0.2) is 0 Å². The summed E-state index contributed by atoms with van der Waals surface area (Å²) >= 11 is 0. The van der Waals surface area contributed by atoms with Gasteiger partial charge in [-0.15, -0.1) is 10.2 Å². The summed E-state index contributed by atoms with van der Waals surface area (Å²) < 4.78 is 9.01. The molecule has 158 valence electrons. The van der Waals surface area contributed by atoms with Gasteiger partial charge >= 0.3 is 0 Å². The Hall–Kier alpha value is -4.07. The summed E-state index contributed by atoms with van der Waals surface area (Å²) in [6.45, 7) is 2.40. The zero-order valence-corrected chi connectivity index (χ0v) is 17.5. The van der Waals surface area contributed by atoms with Crippen LogP contribution in [-0.4, -0.2) is 35.7 Å². The van der Waals surface area contributed by atoms with Gasteiger partial charge in [0.15, 0.2) is 11.3 Å². The van der Waals surface area contributed by atoms with Gasteiger partial charge < -0.3 is 4.74 Å². The fraction of sp³-hybridized carbons (Fsp3) is 0.208. The maximum atomic E-state index is 13.8. The smallest absolute Gasteiger partial charge is 0.264 e. The van der Waals surface area contributed by atoms with E-state index in [4.69, 9.17) is 4.74 Å². The number of nitrogens with zero attached hydrogens (tertiary/aromatic N) is 6. The third-order valence-electron chi connectivity index (χ3n) is 5.74. The average Bonchev–Trinajstić information content (AvgIpc) is 3.56. The molecular weight excluding hydrogens is 404 g/mol. The molecule has 0 atom stereocenters. The van der Waals surface area contributed by atoms with E-state index >= 15 is 0 Å². The fourth-order valence-corrected chi connectivity index (χ4v) is 3.98. The van der Waals surface area contributed by atoms with Crippen molar-refractivity contribution in [3.63, 3.8) is 0 Å². The number of pyridine rings is 4. The molecule has 5 aromatic heterocycles. The molecular formula is C24H20N6O2. The SMILES string of the molecule is CCOc1ccc2cc(-c3ccc4nncn4c3)c(=O)n(-c3ccc(C4CC4)nc3)c2n1. The number of fused-ring (bicyclic) bond motifs is 2. The van der Waals surface area contributed by atoms with Gasteiger partial charge in [0.05, 0.1) is 18.5 Å². The molecule has 5 heterocycles. The van der Waals surface area contributed by atoms with E-state index in [0.717, 1.165) is 22.3 Å². The van der Waals surface area contributed by atoms with E-state index in [9.17, 15) is 4.79 Å². The van der Waals surface area contributed by atoms with E-state index in [0.29, 0.717) is 35.3 Å². The van der Waals surface area contributed by atoms with Crippen LogP contribution in [0, 0.1) is 0 Å². The van der Waals surface area contributed by atoms with Crippen molar-refractivity contribution >= 4 is 16.7 Å². The summed E-state index contributed by atoms with van der Waals surface area (Å²) in [5, 5.41) is 8.80. The summed E-state index contributed by atoms with van der Waals surface area (Å²) in [7, 11) is 0. The van der Waals surface area contributed by atoms with E-state index in [2.05, 4.69) is 20.2 Å². The predicted octanol–water partition coefficient (Wildman–Crippen LogP) is 3.77. The van der Waals surface area contributed by atoms with Gasteiger partial charge in [0.2, 0.25) is 5.88 Å². The summed E-state index contributed by atoms with van der Waals surface area (Å²) in [6.07, 6.45) is 7.59. The second kappa shape index (κ2) is 7.26. The molecule has 8 nitrogen and oxygen atoms in total. The molecule has 1 fully saturated rings. The molecule has 0 aliphatic heterocycles. The standard InChI is InChI=1S/C24H20N6O2/c1-2-32-22-10-6-16-11-19(17-5-9-21-28-26-14-29(21)13-17)24(31)30(23(16)27-22)18-7-8-20(25-12-18)15-3-4-15/h5-15H,2-4H2,1H3. The van der Waals surface area contributed by atoms with E-state index in [1.807, 2.05) is 55.6 Å². The first-order valence-electron chi connectivity index (χ1n) is 10.7. The number of hydrogen-bond acceptors (Lipinski definition) is 6. The summed E-state index contributed by atoms with van der Waals surface area (Å²) in [5.74, 6) is 1.02. The quantitative estimate of drug-likeness (QED) is 0.427. The molecule has 0 unspecified atom stereocenters. The van der Waals surface area contributed by atoms with Crippen molar-refractivity contribution in [2.75, 3.05) is 6.61 Å². The Labute approximate surface area is 183 Å². The van der Waals surface area contributed by atoms with E-state index in [-0.39, 0.29) is 5.56 Å². The molecule has 0 radical (unpaired) electrons. The van der Waals surface area contributed by atoms with Crippen LogP contribution in [-0.2, 0) is 0 Å². The topological polar surface area (TPSA) is 87.2 Å². The van der Waals surface area contributed by atoms with E-state index in [1.165, 1.54) is 12.8 Å². The first-order chi connectivity index (χ1) is 15.7. The van der Waals surface area contributed by atoms with Crippen molar-refractivity contribution in [3.05, 3.63) is 77.2 Å². The van der Waals surface area contributed by atoms with Crippen LogP contribution in [0.1, 0.15) is 31.4 Å². The Morgan fingerprint density at radius 3 is 2.81 bits per heavy atom. The third kappa shape index (κ3) is 3.11. The Balaban J connectivity index is 1.60. The van der Waals surface area contributed by atoms with Gasteiger partial charge in [0.1, 0.15) is 6.33 Å². The maximum Gasteiger partial charge on any atom is 0.264 e.